The quantitative estimate of drug-likeness (QED) is 0.184. The molecule has 0 saturated carbocycles. The minimum Gasteiger partial charge on any atom is -0.309 e. The van der Waals surface area contributed by atoms with Crippen molar-refractivity contribution >= 4 is 27.5 Å². The third kappa shape index (κ3) is 5.07. The van der Waals surface area contributed by atoms with Crippen LogP contribution in [0.5, 0.6) is 0 Å². The molecule has 2 aromatic heterocycles. The summed E-state index contributed by atoms with van der Waals surface area (Å²) < 4.78 is 2.22. The first-order chi connectivity index (χ1) is 23.2. The normalized spacial score (nSPS) is 10.9. The molecule has 0 radical (unpaired) electrons. The Kier molecular flexibility index (Phi) is 6.80. The summed E-state index contributed by atoms with van der Waals surface area (Å²) in [4.78, 5) is 18.3. The number of nitrogens with zero attached hydrogens (tertiary/aromatic N) is 6. The molecular formula is C41H24N6. The zero-order chi connectivity index (χ0) is 31.7. The standard InChI is InChI=1S/C41H24N6/c1-43-33-19-20-38-36(25-33)35-17-8-9-18-37(35)47(38)34-16-10-15-30(24-34)31-21-27(26-42)22-32(23-31)41-45-39(28-11-4-2-5-12-28)44-40(46-41)29-13-6-3-7-14-29/h2-25H. The Morgan fingerprint density at radius 1 is 0.511 bits per heavy atom. The second kappa shape index (κ2) is 11.6. The third-order valence-corrected chi connectivity index (χ3v) is 8.24. The minimum atomic E-state index is 0.491. The van der Waals surface area contributed by atoms with Gasteiger partial charge in [0.25, 0.3) is 0 Å². The van der Waals surface area contributed by atoms with Crippen LogP contribution >= 0.6 is 0 Å². The van der Waals surface area contributed by atoms with Crippen molar-refractivity contribution in [3.63, 3.8) is 0 Å². The van der Waals surface area contributed by atoms with Gasteiger partial charge in [-0.25, -0.2) is 19.8 Å². The highest BCUT2D eigenvalue weighted by Crippen LogP contribution is 2.36. The van der Waals surface area contributed by atoms with Crippen molar-refractivity contribution in [1.29, 1.82) is 5.26 Å². The molecule has 6 heteroatoms. The van der Waals surface area contributed by atoms with Crippen LogP contribution in [0.2, 0.25) is 0 Å². The van der Waals surface area contributed by atoms with Crippen LogP contribution in [0.4, 0.5) is 5.69 Å². The topological polar surface area (TPSA) is 71.8 Å². The predicted octanol–water partition coefficient (Wildman–Crippen LogP) is 10.1. The molecule has 0 spiro atoms. The third-order valence-electron chi connectivity index (χ3n) is 8.24. The zero-order valence-electron chi connectivity index (χ0n) is 25.0. The summed E-state index contributed by atoms with van der Waals surface area (Å²) in [7, 11) is 0. The van der Waals surface area contributed by atoms with E-state index in [9.17, 15) is 5.26 Å². The van der Waals surface area contributed by atoms with Crippen molar-refractivity contribution in [3.8, 4) is 57.0 Å². The van der Waals surface area contributed by atoms with Gasteiger partial charge in [0.15, 0.2) is 23.2 Å². The highest BCUT2D eigenvalue weighted by atomic mass is 15.0. The Labute approximate surface area is 271 Å². The van der Waals surface area contributed by atoms with Gasteiger partial charge < -0.3 is 4.57 Å². The summed E-state index contributed by atoms with van der Waals surface area (Å²) in [6.07, 6.45) is 0. The van der Waals surface area contributed by atoms with Gasteiger partial charge in [-0.05, 0) is 65.0 Å². The zero-order valence-corrected chi connectivity index (χ0v) is 25.0. The summed E-state index contributed by atoms with van der Waals surface area (Å²) in [6.45, 7) is 7.53. The molecule has 0 unspecified atom stereocenters. The van der Waals surface area contributed by atoms with E-state index in [1.54, 1.807) is 0 Å². The lowest BCUT2D eigenvalue weighted by molar-refractivity contribution is 1.07. The first-order valence-electron chi connectivity index (χ1n) is 15.1. The van der Waals surface area contributed by atoms with E-state index in [1.807, 2.05) is 121 Å². The number of hydrogen-bond donors (Lipinski definition) is 0. The van der Waals surface area contributed by atoms with Crippen molar-refractivity contribution in [3.05, 3.63) is 163 Å². The summed E-state index contributed by atoms with van der Waals surface area (Å²) in [5.41, 5.74) is 8.49. The number of rotatable bonds is 5. The molecule has 2 heterocycles. The van der Waals surface area contributed by atoms with Gasteiger partial charge in [0.05, 0.1) is 29.2 Å². The molecule has 0 aliphatic rings. The molecule has 0 N–H and O–H groups in total. The summed E-state index contributed by atoms with van der Waals surface area (Å²) in [5, 5.41) is 12.2. The Balaban J connectivity index is 1.29. The van der Waals surface area contributed by atoms with Crippen LogP contribution in [0, 0.1) is 17.9 Å². The molecule has 8 aromatic rings. The molecule has 47 heavy (non-hydrogen) atoms. The van der Waals surface area contributed by atoms with E-state index in [-0.39, 0.29) is 0 Å². The molecule has 218 valence electrons. The van der Waals surface area contributed by atoms with Crippen LogP contribution in [0.25, 0.3) is 77.6 Å². The maximum atomic E-state index is 10.1. The Bertz CT molecular complexity index is 2480. The van der Waals surface area contributed by atoms with E-state index in [1.165, 1.54) is 0 Å². The molecular weight excluding hydrogens is 576 g/mol. The van der Waals surface area contributed by atoms with Crippen LogP contribution in [0.3, 0.4) is 0 Å². The molecule has 0 aliphatic carbocycles. The number of hydrogen-bond acceptors (Lipinski definition) is 4. The molecule has 8 rings (SSSR count). The van der Waals surface area contributed by atoms with Gasteiger partial charge in [0, 0.05) is 27.8 Å². The smallest absolute Gasteiger partial charge is 0.188 e. The van der Waals surface area contributed by atoms with Crippen molar-refractivity contribution in [1.82, 2.24) is 19.5 Å². The van der Waals surface area contributed by atoms with Gasteiger partial charge in [-0.3, -0.25) is 0 Å². The first kappa shape index (κ1) is 27.6. The lowest BCUT2D eigenvalue weighted by Crippen LogP contribution is -2.00. The highest BCUT2D eigenvalue weighted by molar-refractivity contribution is 6.10. The van der Waals surface area contributed by atoms with E-state index < -0.39 is 0 Å². The van der Waals surface area contributed by atoms with E-state index in [0.717, 1.165) is 55.3 Å². The van der Waals surface area contributed by atoms with Crippen LogP contribution in [-0.2, 0) is 0 Å². The molecule has 0 bridgehead atoms. The van der Waals surface area contributed by atoms with Crippen LogP contribution in [0.15, 0.2) is 146 Å². The Morgan fingerprint density at radius 3 is 1.79 bits per heavy atom. The lowest BCUT2D eigenvalue weighted by Gasteiger charge is -2.12. The summed E-state index contributed by atoms with van der Waals surface area (Å²) >= 11 is 0. The maximum absolute atomic E-state index is 10.1. The number of para-hydroxylation sites is 1. The van der Waals surface area contributed by atoms with Gasteiger partial charge in [0.1, 0.15) is 0 Å². The largest absolute Gasteiger partial charge is 0.309 e. The fraction of sp³-hybridized carbons (Fsp3) is 0. The van der Waals surface area contributed by atoms with Gasteiger partial charge in [-0.15, -0.1) is 0 Å². The average molecular weight is 601 g/mol. The van der Waals surface area contributed by atoms with E-state index in [0.29, 0.717) is 28.7 Å². The highest BCUT2D eigenvalue weighted by Gasteiger charge is 2.16. The maximum Gasteiger partial charge on any atom is 0.188 e. The number of nitriles is 1. The van der Waals surface area contributed by atoms with Crippen LogP contribution < -0.4 is 0 Å². The minimum absolute atomic E-state index is 0.491. The van der Waals surface area contributed by atoms with Gasteiger partial charge in [-0.1, -0.05) is 97.1 Å². The monoisotopic (exact) mass is 600 g/mol. The second-order valence-electron chi connectivity index (χ2n) is 11.2. The van der Waals surface area contributed by atoms with E-state index in [4.69, 9.17) is 21.5 Å². The fourth-order valence-corrected chi connectivity index (χ4v) is 6.06. The summed E-state index contributed by atoms with van der Waals surface area (Å²) in [6, 6.07) is 50.2. The molecule has 6 aromatic carbocycles. The SMILES string of the molecule is [C-]#[N+]c1ccc2c(c1)c1ccccc1n2-c1cccc(-c2cc(C#N)cc(-c3nc(-c4ccccc4)nc(-c4ccccc4)n3)c2)c1. The average Bonchev–Trinajstić information content (AvgIpc) is 3.49. The molecule has 0 amide bonds. The van der Waals surface area contributed by atoms with Crippen molar-refractivity contribution in [2.45, 2.75) is 0 Å². The van der Waals surface area contributed by atoms with Gasteiger partial charge in [-0.2, -0.15) is 5.26 Å². The number of fused-ring (bicyclic) bond motifs is 3. The molecule has 0 fully saturated rings. The fourth-order valence-electron chi connectivity index (χ4n) is 6.06. The van der Waals surface area contributed by atoms with Crippen molar-refractivity contribution in [2.75, 3.05) is 0 Å². The molecule has 0 saturated heterocycles. The Hall–Kier alpha value is -6.89. The van der Waals surface area contributed by atoms with Crippen LogP contribution in [-0.4, -0.2) is 19.5 Å². The summed E-state index contributed by atoms with van der Waals surface area (Å²) in [5.74, 6) is 1.62. The second-order valence-corrected chi connectivity index (χ2v) is 11.2. The van der Waals surface area contributed by atoms with E-state index in [2.05, 4.69) is 39.7 Å². The van der Waals surface area contributed by atoms with Crippen LogP contribution in [0.1, 0.15) is 5.56 Å². The Morgan fingerprint density at radius 2 is 1.11 bits per heavy atom. The first-order valence-corrected chi connectivity index (χ1v) is 15.1. The van der Waals surface area contributed by atoms with Gasteiger partial charge >= 0.3 is 0 Å². The lowest BCUT2D eigenvalue weighted by atomic mass is 9.99. The number of aromatic nitrogens is 4. The van der Waals surface area contributed by atoms with E-state index >= 15 is 0 Å². The van der Waals surface area contributed by atoms with Crippen molar-refractivity contribution < 1.29 is 0 Å². The molecule has 6 nitrogen and oxygen atoms in total. The molecule has 0 aliphatic heterocycles. The van der Waals surface area contributed by atoms with Crippen molar-refractivity contribution in [2.24, 2.45) is 0 Å². The molecule has 0 atom stereocenters. The van der Waals surface area contributed by atoms with Gasteiger partial charge in [0.2, 0.25) is 0 Å². The number of benzene rings is 6. The predicted molar refractivity (Wildman–Crippen MR) is 187 cm³/mol.